The molecule has 1 aliphatic rings. The van der Waals surface area contributed by atoms with Crippen molar-refractivity contribution in [1.29, 1.82) is 0 Å². The molecule has 0 aromatic carbocycles. The molecule has 2 N–H and O–H groups in total. The molecule has 1 aromatic heterocycles. The summed E-state index contributed by atoms with van der Waals surface area (Å²) in [6.45, 7) is 2.34. The van der Waals surface area contributed by atoms with Gasteiger partial charge < -0.3 is 10.6 Å². The van der Waals surface area contributed by atoms with E-state index in [-0.39, 0.29) is 11.6 Å². The molecule has 18 heavy (non-hydrogen) atoms. The smallest absolute Gasteiger partial charge is 0.0931 e. The third kappa shape index (κ3) is 2.60. The van der Waals surface area contributed by atoms with Crippen molar-refractivity contribution >= 4 is 22.9 Å². The Balaban J connectivity index is 2.25. The molecule has 2 rings (SSSR count). The fraction of sp³-hybridized carbons (Fsp3) is 0.714. The summed E-state index contributed by atoms with van der Waals surface area (Å²) in [6.07, 6.45) is 4.89. The van der Waals surface area contributed by atoms with Gasteiger partial charge in [-0.15, -0.1) is 11.3 Å². The number of nitrogens with zero attached hydrogens (tertiary/aromatic N) is 1. The Morgan fingerprint density at radius 2 is 2.00 bits per heavy atom. The highest BCUT2D eigenvalue weighted by Crippen LogP contribution is 2.44. The minimum absolute atomic E-state index is 0.0671. The Bertz CT molecular complexity index is 394. The highest BCUT2D eigenvalue weighted by atomic mass is 35.5. The molecule has 1 fully saturated rings. The SMILES string of the molecule is CC1CCC(C(N)c2ccc(Cl)s2)(N(C)C)CC1. The van der Waals surface area contributed by atoms with Crippen LogP contribution in [0.15, 0.2) is 12.1 Å². The van der Waals surface area contributed by atoms with Crippen molar-refractivity contribution in [3.05, 3.63) is 21.3 Å². The zero-order valence-corrected chi connectivity index (χ0v) is 13.0. The van der Waals surface area contributed by atoms with Crippen LogP contribution in [0.5, 0.6) is 0 Å². The summed E-state index contributed by atoms with van der Waals surface area (Å²) in [7, 11) is 4.32. The molecule has 0 aliphatic heterocycles. The molecule has 1 atom stereocenters. The number of halogens is 1. The van der Waals surface area contributed by atoms with Gasteiger partial charge in [0.2, 0.25) is 0 Å². The van der Waals surface area contributed by atoms with Crippen LogP contribution in [0.2, 0.25) is 4.34 Å². The zero-order chi connectivity index (χ0) is 13.3. The average Bonchev–Trinajstić information content (AvgIpc) is 2.76. The Hall–Kier alpha value is -0.0900. The Labute approximate surface area is 119 Å². The third-order valence-corrected chi connectivity index (χ3v) is 5.82. The van der Waals surface area contributed by atoms with Gasteiger partial charge in [0.05, 0.1) is 10.4 Å². The molecule has 1 saturated carbocycles. The van der Waals surface area contributed by atoms with Gasteiger partial charge in [0, 0.05) is 10.4 Å². The quantitative estimate of drug-likeness (QED) is 0.913. The van der Waals surface area contributed by atoms with E-state index in [0.717, 1.165) is 10.3 Å². The summed E-state index contributed by atoms with van der Waals surface area (Å²) >= 11 is 7.66. The lowest BCUT2D eigenvalue weighted by Gasteiger charge is -2.48. The second kappa shape index (κ2) is 5.49. The second-order valence-corrected chi connectivity index (χ2v) is 7.55. The fourth-order valence-electron chi connectivity index (χ4n) is 3.06. The van der Waals surface area contributed by atoms with E-state index in [1.807, 2.05) is 6.07 Å². The van der Waals surface area contributed by atoms with Gasteiger partial charge in [0.15, 0.2) is 0 Å². The van der Waals surface area contributed by atoms with Gasteiger partial charge in [0.1, 0.15) is 0 Å². The van der Waals surface area contributed by atoms with Crippen LogP contribution in [0.25, 0.3) is 0 Å². The van der Waals surface area contributed by atoms with Gasteiger partial charge in [-0.05, 0) is 57.8 Å². The molecule has 0 amide bonds. The number of thiophene rings is 1. The second-order valence-electron chi connectivity index (χ2n) is 5.80. The van der Waals surface area contributed by atoms with E-state index in [2.05, 4.69) is 32.0 Å². The predicted molar refractivity (Wildman–Crippen MR) is 80.3 cm³/mol. The molecule has 1 unspecified atom stereocenters. The standard InChI is InChI=1S/C14H23ClN2S/c1-10-6-8-14(9-7-10,17(2)3)13(16)11-4-5-12(15)18-11/h4-5,10,13H,6-9,16H2,1-3H3. The molecule has 0 radical (unpaired) electrons. The lowest BCUT2D eigenvalue weighted by Crippen LogP contribution is -2.54. The highest BCUT2D eigenvalue weighted by Gasteiger charge is 2.42. The maximum atomic E-state index is 6.57. The monoisotopic (exact) mass is 286 g/mol. The first-order chi connectivity index (χ1) is 8.45. The topological polar surface area (TPSA) is 29.3 Å². The fourth-order valence-corrected chi connectivity index (χ4v) is 4.23. The molecular formula is C14H23ClN2S. The predicted octanol–water partition coefficient (Wildman–Crippen LogP) is 3.91. The number of likely N-dealkylation sites (N-methyl/N-ethyl adjacent to an activating group) is 1. The van der Waals surface area contributed by atoms with Crippen LogP contribution in [0.1, 0.15) is 43.5 Å². The van der Waals surface area contributed by atoms with E-state index in [1.165, 1.54) is 30.6 Å². The van der Waals surface area contributed by atoms with Crippen molar-refractivity contribution in [2.45, 2.75) is 44.2 Å². The van der Waals surface area contributed by atoms with Gasteiger partial charge in [-0.2, -0.15) is 0 Å². The maximum absolute atomic E-state index is 6.57. The maximum Gasteiger partial charge on any atom is 0.0931 e. The molecule has 102 valence electrons. The summed E-state index contributed by atoms with van der Waals surface area (Å²) < 4.78 is 0.832. The third-order valence-electron chi connectivity index (χ3n) is 4.51. The van der Waals surface area contributed by atoms with Gasteiger partial charge in [0.25, 0.3) is 0 Å². The zero-order valence-electron chi connectivity index (χ0n) is 11.4. The minimum atomic E-state index is 0.0671. The van der Waals surface area contributed by atoms with Gasteiger partial charge in [-0.1, -0.05) is 18.5 Å². The van der Waals surface area contributed by atoms with Gasteiger partial charge in [-0.3, -0.25) is 0 Å². The van der Waals surface area contributed by atoms with Crippen LogP contribution >= 0.6 is 22.9 Å². The van der Waals surface area contributed by atoms with E-state index in [0.29, 0.717) is 0 Å². The summed E-state index contributed by atoms with van der Waals surface area (Å²) in [6, 6.07) is 4.11. The Kier molecular flexibility index (Phi) is 4.37. The minimum Gasteiger partial charge on any atom is -0.322 e. The van der Waals surface area contributed by atoms with E-state index in [4.69, 9.17) is 17.3 Å². The van der Waals surface area contributed by atoms with Gasteiger partial charge in [-0.25, -0.2) is 0 Å². The number of hydrogen-bond acceptors (Lipinski definition) is 3. The molecule has 0 saturated heterocycles. The van der Waals surface area contributed by atoms with Crippen LogP contribution in [-0.4, -0.2) is 24.5 Å². The van der Waals surface area contributed by atoms with Crippen molar-refractivity contribution in [2.24, 2.45) is 11.7 Å². The molecule has 1 aromatic rings. The van der Waals surface area contributed by atoms with Crippen molar-refractivity contribution in [1.82, 2.24) is 4.90 Å². The Morgan fingerprint density at radius 3 is 2.44 bits per heavy atom. The summed E-state index contributed by atoms with van der Waals surface area (Å²) in [4.78, 5) is 3.54. The molecule has 1 aliphatic carbocycles. The summed E-state index contributed by atoms with van der Waals surface area (Å²) in [5.74, 6) is 0.831. The van der Waals surface area contributed by atoms with E-state index >= 15 is 0 Å². The van der Waals surface area contributed by atoms with Crippen molar-refractivity contribution in [3.63, 3.8) is 0 Å². The molecule has 4 heteroatoms. The average molecular weight is 287 g/mol. The van der Waals surface area contributed by atoms with Crippen molar-refractivity contribution in [3.8, 4) is 0 Å². The van der Waals surface area contributed by atoms with Crippen molar-refractivity contribution < 1.29 is 0 Å². The Morgan fingerprint density at radius 1 is 1.39 bits per heavy atom. The van der Waals surface area contributed by atoms with Crippen LogP contribution in [0, 0.1) is 5.92 Å². The van der Waals surface area contributed by atoms with E-state index in [1.54, 1.807) is 11.3 Å². The summed E-state index contributed by atoms with van der Waals surface area (Å²) in [5, 5.41) is 0. The highest BCUT2D eigenvalue weighted by molar-refractivity contribution is 7.16. The summed E-state index contributed by atoms with van der Waals surface area (Å²) in [5.41, 5.74) is 6.67. The molecular weight excluding hydrogens is 264 g/mol. The molecule has 2 nitrogen and oxygen atoms in total. The first-order valence-electron chi connectivity index (χ1n) is 6.64. The normalized spacial score (nSPS) is 30.7. The number of rotatable bonds is 3. The first-order valence-corrected chi connectivity index (χ1v) is 7.83. The van der Waals surface area contributed by atoms with Crippen LogP contribution < -0.4 is 5.73 Å². The lowest BCUT2D eigenvalue weighted by molar-refractivity contribution is 0.0575. The number of nitrogens with two attached hydrogens (primary N) is 1. The molecule has 0 bridgehead atoms. The van der Waals surface area contributed by atoms with Crippen LogP contribution in [0.4, 0.5) is 0 Å². The molecule has 0 spiro atoms. The van der Waals surface area contributed by atoms with Crippen LogP contribution in [-0.2, 0) is 0 Å². The van der Waals surface area contributed by atoms with Gasteiger partial charge >= 0.3 is 0 Å². The number of hydrogen-bond donors (Lipinski definition) is 1. The lowest BCUT2D eigenvalue weighted by atomic mass is 9.72. The van der Waals surface area contributed by atoms with Crippen molar-refractivity contribution in [2.75, 3.05) is 14.1 Å². The largest absolute Gasteiger partial charge is 0.322 e. The van der Waals surface area contributed by atoms with E-state index < -0.39 is 0 Å². The first kappa shape index (κ1) is 14.3. The molecule has 1 heterocycles. The van der Waals surface area contributed by atoms with Crippen LogP contribution in [0.3, 0.4) is 0 Å². The van der Waals surface area contributed by atoms with E-state index in [9.17, 15) is 0 Å².